The van der Waals surface area contributed by atoms with Crippen LogP contribution in [0.15, 0.2) is 76.4 Å². The first-order valence-electron chi connectivity index (χ1n) is 9.54. The topological polar surface area (TPSA) is 62.2 Å². The van der Waals surface area contributed by atoms with E-state index in [1.54, 1.807) is 18.9 Å². The van der Waals surface area contributed by atoms with Crippen molar-refractivity contribution in [1.29, 1.82) is 0 Å². The number of carbonyl (C=O) groups is 2. The van der Waals surface area contributed by atoms with Crippen LogP contribution in [0.25, 0.3) is 0 Å². The minimum absolute atomic E-state index is 0.0199. The Morgan fingerprint density at radius 2 is 1.60 bits per heavy atom. The quantitative estimate of drug-likeness (QED) is 0.620. The number of ketones is 1. The van der Waals surface area contributed by atoms with Crippen LogP contribution < -0.4 is 9.91 Å². The highest BCUT2D eigenvalue weighted by atomic mass is 32.2. The van der Waals surface area contributed by atoms with Crippen LogP contribution in [0.2, 0.25) is 0 Å². The lowest BCUT2D eigenvalue weighted by Gasteiger charge is -2.41. The fourth-order valence-corrected chi connectivity index (χ4v) is 6.39. The molecule has 154 valence electrons. The van der Waals surface area contributed by atoms with Crippen molar-refractivity contribution in [1.82, 2.24) is 0 Å². The van der Waals surface area contributed by atoms with E-state index in [1.807, 2.05) is 67.6 Å². The summed E-state index contributed by atoms with van der Waals surface area (Å²) in [4.78, 5) is 27.8. The molecular formula is C22H21N3O3S2. The zero-order valence-electron chi connectivity index (χ0n) is 16.9. The maximum absolute atomic E-state index is 12.6. The van der Waals surface area contributed by atoms with E-state index in [-0.39, 0.29) is 17.4 Å². The molecule has 2 aliphatic heterocycles. The van der Waals surface area contributed by atoms with Crippen molar-refractivity contribution in [2.45, 2.75) is 25.1 Å². The first-order valence-corrected chi connectivity index (χ1v) is 11.2. The number of para-hydroxylation sites is 2. The number of Topliss-reactive ketones (excluding diaryl/α,β-unsaturated/α-hetero) is 1. The van der Waals surface area contributed by atoms with Crippen LogP contribution in [0.4, 0.5) is 11.4 Å². The van der Waals surface area contributed by atoms with E-state index in [0.29, 0.717) is 4.91 Å². The molecule has 0 saturated heterocycles. The molecular weight excluding hydrogens is 418 g/mol. The van der Waals surface area contributed by atoms with Gasteiger partial charge in [-0.15, -0.1) is 0 Å². The number of thioether (sulfide) groups is 2. The second-order valence-corrected chi connectivity index (χ2v) is 9.27. The minimum Gasteiger partial charge on any atom is -0.461 e. The fourth-order valence-electron chi connectivity index (χ4n) is 3.44. The number of nitrogens with zero attached hydrogens (tertiary/aromatic N) is 3. The number of anilines is 2. The molecule has 0 aliphatic carbocycles. The van der Waals surface area contributed by atoms with E-state index in [9.17, 15) is 9.59 Å². The summed E-state index contributed by atoms with van der Waals surface area (Å²) in [6, 6.07) is 19.5. The lowest BCUT2D eigenvalue weighted by Crippen LogP contribution is -2.49. The minimum atomic E-state index is -0.893. The van der Waals surface area contributed by atoms with Crippen molar-refractivity contribution < 1.29 is 14.3 Å². The summed E-state index contributed by atoms with van der Waals surface area (Å²) in [6.07, 6.45) is 0. The average Bonchev–Trinajstić information content (AvgIpc) is 3.27. The molecule has 1 spiro atoms. The van der Waals surface area contributed by atoms with Crippen LogP contribution in [0, 0.1) is 0 Å². The maximum Gasteiger partial charge on any atom is 0.365 e. The van der Waals surface area contributed by atoms with Crippen molar-refractivity contribution in [2.24, 2.45) is 5.10 Å². The number of hydrogen-bond acceptors (Lipinski definition) is 8. The van der Waals surface area contributed by atoms with Gasteiger partial charge < -0.3 is 9.64 Å². The van der Waals surface area contributed by atoms with Gasteiger partial charge in [0, 0.05) is 11.4 Å². The zero-order valence-corrected chi connectivity index (χ0v) is 18.5. The summed E-state index contributed by atoms with van der Waals surface area (Å²) in [5.41, 5.74) is 2.55. The highest BCUT2D eigenvalue weighted by Crippen LogP contribution is 2.60. The number of rotatable bonds is 5. The van der Waals surface area contributed by atoms with Crippen LogP contribution in [-0.4, -0.2) is 27.7 Å². The first kappa shape index (κ1) is 20.6. The molecule has 2 heterocycles. The summed E-state index contributed by atoms with van der Waals surface area (Å²) in [7, 11) is 0. The van der Waals surface area contributed by atoms with Gasteiger partial charge >= 0.3 is 5.97 Å². The molecule has 0 fully saturated rings. The lowest BCUT2D eigenvalue weighted by molar-refractivity contribution is -0.134. The molecule has 2 aromatic rings. The molecule has 0 unspecified atom stereocenters. The van der Waals surface area contributed by atoms with Gasteiger partial charge in [0.15, 0.2) is 5.78 Å². The van der Waals surface area contributed by atoms with Crippen LogP contribution in [0.1, 0.15) is 20.8 Å². The molecule has 0 N–H and O–H groups in total. The maximum atomic E-state index is 12.6. The SMILES string of the molecule is CCOC(=O)C1=NN(c2ccccc2)[C@]2(S1)SC(C(C)=O)=C(C)N2c1ccccc1. The first-order chi connectivity index (χ1) is 14.5. The Bertz CT molecular complexity index is 1040. The summed E-state index contributed by atoms with van der Waals surface area (Å²) >= 11 is 2.70. The van der Waals surface area contributed by atoms with Crippen LogP contribution in [0.3, 0.4) is 0 Å². The van der Waals surface area contributed by atoms with E-state index in [0.717, 1.165) is 17.1 Å². The Balaban J connectivity index is 1.88. The van der Waals surface area contributed by atoms with Crippen LogP contribution in [0.5, 0.6) is 0 Å². The van der Waals surface area contributed by atoms with E-state index >= 15 is 0 Å². The second kappa shape index (κ2) is 8.20. The summed E-state index contributed by atoms with van der Waals surface area (Å²) in [5, 5.41) is 6.72. The van der Waals surface area contributed by atoms with Crippen LogP contribution in [-0.2, 0) is 14.3 Å². The lowest BCUT2D eigenvalue weighted by atomic mass is 10.2. The van der Waals surface area contributed by atoms with Crippen LogP contribution >= 0.6 is 23.5 Å². The number of ether oxygens (including phenoxy) is 1. The van der Waals surface area contributed by atoms with Gasteiger partial charge in [-0.3, -0.25) is 4.79 Å². The van der Waals surface area contributed by atoms with Gasteiger partial charge in [0.05, 0.1) is 17.2 Å². The Morgan fingerprint density at radius 1 is 1.00 bits per heavy atom. The Morgan fingerprint density at radius 3 is 2.17 bits per heavy atom. The van der Waals surface area contributed by atoms with Gasteiger partial charge in [-0.2, -0.15) is 5.10 Å². The third kappa shape index (κ3) is 3.40. The summed E-state index contributed by atoms with van der Waals surface area (Å²) in [6.45, 7) is 5.52. The van der Waals surface area contributed by atoms with Gasteiger partial charge in [0.2, 0.25) is 9.37 Å². The molecule has 0 radical (unpaired) electrons. The van der Waals surface area contributed by atoms with E-state index in [4.69, 9.17) is 4.74 Å². The molecule has 30 heavy (non-hydrogen) atoms. The van der Waals surface area contributed by atoms with Gasteiger partial charge in [-0.25, -0.2) is 9.80 Å². The number of allylic oxidation sites excluding steroid dienone is 2. The van der Waals surface area contributed by atoms with E-state index in [2.05, 4.69) is 10.0 Å². The molecule has 4 rings (SSSR count). The standard InChI is InChI=1S/C22H21N3O3S2/c1-4-28-21(27)20-23-25(18-13-9-6-10-14-18)22(30-20)24(17-11-7-5-8-12-17)15(2)19(29-22)16(3)26/h5-14H,4H2,1-3H3/t22-/m0/s1. The zero-order chi connectivity index (χ0) is 21.3. The second-order valence-electron chi connectivity index (χ2n) is 6.67. The Kier molecular flexibility index (Phi) is 5.62. The monoisotopic (exact) mass is 439 g/mol. The van der Waals surface area contributed by atoms with Gasteiger partial charge in [0.25, 0.3) is 0 Å². The highest BCUT2D eigenvalue weighted by Gasteiger charge is 2.57. The highest BCUT2D eigenvalue weighted by molar-refractivity contribution is 8.29. The van der Waals surface area contributed by atoms with Crippen molar-refractivity contribution in [3.05, 3.63) is 71.3 Å². The molecule has 1 atom stereocenters. The number of esters is 1. The number of hydrazone groups is 1. The molecule has 0 amide bonds. The van der Waals surface area contributed by atoms with E-state index in [1.165, 1.54) is 23.5 Å². The van der Waals surface area contributed by atoms with Gasteiger partial charge in [0.1, 0.15) is 0 Å². The molecule has 8 heteroatoms. The molecule has 0 bridgehead atoms. The van der Waals surface area contributed by atoms with Gasteiger partial charge in [-0.1, -0.05) is 48.2 Å². The molecule has 0 aromatic heterocycles. The van der Waals surface area contributed by atoms with E-state index < -0.39 is 10.3 Å². The van der Waals surface area contributed by atoms with Crippen molar-refractivity contribution >= 4 is 51.7 Å². The molecule has 2 aliphatic rings. The molecule has 6 nitrogen and oxygen atoms in total. The third-order valence-corrected chi connectivity index (χ3v) is 7.63. The molecule has 0 saturated carbocycles. The third-order valence-electron chi connectivity index (χ3n) is 4.65. The number of hydrogen-bond donors (Lipinski definition) is 0. The van der Waals surface area contributed by atoms with Gasteiger partial charge in [-0.05, 0) is 56.8 Å². The normalized spacial score (nSPS) is 20.7. The molecule has 2 aromatic carbocycles. The van der Waals surface area contributed by atoms with Crippen molar-refractivity contribution in [3.63, 3.8) is 0 Å². The number of carbonyl (C=O) groups excluding carboxylic acids is 2. The Hall–Kier alpha value is -2.71. The summed E-state index contributed by atoms with van der Waals surface area (Å²) < 4.78 is 4.34. The smallest absolute Gasteiger partial charge is 0.365 e. The summed E-state index contributed by atoms with van der Waals surface area (Å²) in [5.74, 6) is -0.489. The number of benzene rings is 2. The predicted molar refractivity (Wildman–Crippen MR) is 123 cm³/mol. The van der Waals surface area contributed by atoms with Crippen molar-refractivity contribution in [3.8, 4) is 0 Å². The average molecular weight is 440 g/mol. The van der Waals surface area contributed by atoms with Crippen molar-refractivity contribution in [2.75, 3.05) is 16.5 Å². The largest absolute Gasteiger partial charge is 0.461 e. The fraction of sp³-hybridized carbons (Fsp3) is 0.227. The Labute approximate surface area is 184 Å². The predicted octanol–water partition coefficient (Wildman–Crippen LogP) is 4.80.